The Kier molecular flexibility index (Phi) is 4.18. The summed E-state index contributed by atoms with van der Waals surface area (Å²) in [7, 11) is 0. The topological polar surface area (TPSA) is 107 Å². The highest BCUT2D eigenvalue weighted by molar-refractivity contribution is 7.99. The van der Waals surface area contributed by atoms with Crippen LogP contribution in [0.15, 0.2) is 12.7 Å². The molecule has 1 fully saturated rings. The minimum atomic E-state index is 0.176. The zero-order chi connectivity index (χ0) is 14.7. The Labute approximate surface area is 127 Å². The summed E-state index contributed by atoms with van der Waals surface area (Å²) in [6, 6.07) is 0.376. The predicted octanol–water partition coefficient (Wildman–Crippen LogP) is 1.12. The lowest BCUT2D eigenvalue weighted by molar-refractivity contribution is 0.471. The van der Waals surface area contributed by atoms with Crippen LogP contribution in [0.3, 0.4) is 0 Å². The van der Waals surface area contributed by atoms with Gasteiger partial charge >= 0.3 is 0 Å². The fourth-order valence-electron chi connectivity index (χ4n) is 2.53. The summed E-state index contributed by atoms with van der Waals surface area (Å²) in [6.45, 7) is 0. The maximum Gasteiger partial charge on any atom is 0.258 e. The van der Waals surface area contributed by atoms with E-state index in [9.17, 15) is 0 Å². The first kappa shape index (κ1) is 14.1. The first-order valence-electron chi connectivity index (χ1n) is 6.90. The number of nitrogens with zero attached hydrogens (tertiary/aromatic N) is 6. The van der Waals surface area contributed by atoms with E-state index >= 15 is 0 Å². The lowest BCUT2D eigenvalue weighted by Crippen LogP contribution is -2.29. The summed E-state index contributed by atoms with van der Waals surface area (Å²) < 4.78 is 1.47. The molecule has 3 rings (SSSR count). The number of hydrogen-bond donors (Lipinski definition) is 2. The van der Waals surface area contributed by atoms with E-state index in [0.717, 1.165) is 12.8 Å². The van der Waals surface area contributed by atoms with Crippen molar-refractivity contribution in [3.63, 3.8) is 0 Å². The summed E-state index contributed by atoms with van der Waals surface area (Å²) in [4.78, 5) is 16.5. The Morgan fingerprint density at radius 2 is 2.24 bits per heavy atom. The third-order valence-corrected chi connectivity index (χ3v) is 4.65. The smallest absolute Gasteiger partial charge is 0.258 e. The second-order valence-electron chi connectivity index (χ2n) is 5.02. The molecule has 1 aliphatic rings. The average Bonchev–Trinajstić information content (AvgIpc) is 3.01. The van der Waals surface area contributed by atoms with Crippen LogP contribution in [0.2, 0.25) is 0 Å². The van der Waals surface area contributed by atoms with Gasteiger partial charge in [-0.25, -0.2) is 4.98 Å². The highest BCUT2D eigenvalue weighted by Crippen LogP contribution is 2.28. The first-order valence-corrected chi connectivity index (χ1v) is 8.19. The van der Waals surface area contributed by atoms with Gasteiger partial charge in [-0.1, -0.05) is 6.42 Å². The fourth-order valence-corrected chi connectivity index (χ4v) is 3.36. The molecular weight excluding hydrogens is 288 g/mol. The van der Waals surface area contributed by atoms with E-state index in [0.29, 0.717) is 23.2 Å². The summed E-state index contributed by atoms with van der Waals surface area (Å²) in [5.74, 6) is 1.05. The molecule has 0 amide bonds. The zero-order valence-electron chi connectivity index (χ0n) is 11.8. The van der Waals surface area contributed by atoms with Gasteiger partial charge in [-0.3, -0.25) is 0 Å². The number of nitrogens with one attached hydrogen (secondary N) is 1. The molecule has 2 aromatic heterocycles. The molecule has 0 saturated heterocycles. The van der Waals surface area contributed by atoms with Crippen molar-refractivity contribution < 1.29 is 0 Å². The Balaban J connectivity index is 1.76. The third-order valence-electron chi connectivity index (χ3n) is 3.56. The molecule has 2 atom stereocenters. The molecule has 112 valence electrons. The Morgan fingerprint density at radius 3 is 3.00 bits per heavy atom. The van der Waals surface area contributed by atoms with Crippen molar-refractivity contribution in [1.29, 1.82) is 0 Å². The van der Waals surface area contributed by atoms with E-state index in [4.69, 9.17) is 5.73 Å². The molecule has 0 aliphatic heterocycles. The van der Waals surface area contributed by atoms with Gasteiger partial charge in [-0.2, -0.15) is 36.5 Å². The molecule has 21 heavy (non-hydrogen) atoms. The number of thioether (sulfide) groups is 1. The quantitative estimate of drug-likeness (QED) is 0.865. The van der Waals surface area contributed by atoms with E-state index in [1.807, 2.05) is 11.8 Å². The summed E-state index contributed by atoms with van der Waals surface area (Å²) >= 11 is 1.92. The maximum atomic E-state index is 5.76. The molecule has 0 aromatic carbocycles. The van der Waals surface area contributed by atoms with Crippen molar-refractivity contribution in [1.82, 2.24) is 29.7 Å². The number of anilines is 2. The summed E-state index contributed by atoms with van der Waals surface area (Å²) in [5.41, 5.74) is 5.76. The van der Waals surface area contributed by atoms with Crippen LogP contribution in [0.4, 0.5) is 11.9 Å². The van der Waals surface area contributed by atoms with Crippen LogP contribution in [0.25, 0.3) is 5.95 Å². The van der Waals surface area contributed by atoms with Crippen LogP contribution in [0.5, 0.6) is 0 Å². The number of aromatic nitrogens is 6. The SMILES string of the molecule is CSC1CCCC(Nc2nc(N)nc(-n3cncn3)n2)C1. The van der Waals surface area contributed by atoms with Gasteiger partial charge in [-0.15, -0.1) is 0 Å². The average molecular weight is 306 g/mol. The number of hydrogen-bond acceptors (Lipinski definition) is 8. The molecule has 2 aromatic rings. The number of nitrogens with two attached hydrogens (primary N) is 1. The van der Waals surface area contributed by atoms with E-state index in [1.54, 1.807) is 0 Å². The van der Waals surface area contributed by atoms with Gasteiger partial charge in [0.2, 0.25) is 11.9 Å². The molecule has 8 nitrogen and oxygen atoms in total. The Bertz CT molecular complexity index is 587. The van der Waals surface area contributed by atoms with Crippen molar-refractivity contribution in [3.8, 4) is 5.95 Å². The Hall–Kier alpha value is -1.90. The van der Waals surface area contributed by atoms with Crippen molar-refractivity contribution >= 4 is 23.7 Å². The summed E-state index contributed by atoms with van der Waals surface area (Å²) in [6.07, 6.45) is 9.87. The maximum absolute atomic E-state index is 5.76. The number of nitrogen functional groups attached to an aromatic ring is 1. The standard InChI is InChI=1S/C12H18N8S/c1-21-9-4-2-3-8(5-9)16-11-17-10(13)18-12(19-11)20-7-14-6-15-20/h6-9H,2-5H2,1H3,(H3,13,16,17,18,19). The molecule has 1 aliphatic carbocycles. The second kappa shape index (κ2) is 6.25. The van der Waals surface area contributed by atoms with Gasteiger partial charge < -0.3 is 11.1 Å². The molecule has 2 heterocycles. The van der Waals surface area contributed by atoms with Crippen LogP contribution in [-0.4, -0.2) is 47.3 Å². The van der Waals surface area contributed by atoms with Crippen LogP contribution in [0, 0.1) is 0 Å². The lowest BCUT2D eigenvalue weighted by atomic mass is 9.95. The van der Waals surface area contributed by atoms with Crippen molar-refractivity contribution in [2.75, 3.05) is 17.3 Å². The zero-order valence-corrected chi connectivity index (χ0v) is 12.6. The van der Waals surface area contributed by atoms with E-state index < -0.39 is 0 Å². The monoisotopic (exact) mass is 306 g/mol. The van der Waals surface area contributed by atoms with Gasteiger partial charge in [0.25, 0.3) is 5.95 Å². The molecule has 2 unspecified atom stereocenters. The normalized spacial score (nSPS) is 22.1. The van der Waals surface area contributed by atoms with Gasteiger partial charge in [0, 0.05) is 11.3 Å². The molecule has 0 spiro atoms. The highest BCUT2D eigenvalue weighted by Gasteiger charge is 2.22. The van der Waals surface area contributed by atoms with Crippen LogP contribution < -0.4 is 11.1 Å². The first-order chi connectivity index (χ1) is 10.2. The van der Waals surface area contributed by atoms with Crippen LogP contribution in [0.1, 0.15) is 25.7 Å². The van der Waals surface area contributed by atoms with E-state index in [2.05, 4.69) is 36.6 Å². The van der Waals surface area contributed by atoms with Crippen molar-refractivity contribution in [2.24, 2.45) is 0 Å². The molecule has 0 bridgehead atoms. The summed E-state index contributed by atoms with van der Waals surface area (Å²) in [5, 5.41) is 8.08. The van der Waals surface area contributed by atoms with Crippen LogP contribution >= 0.6 is 11.8 Å². The van der Waals surface area contributed by atoms with Crippen molar-refractivity contribution in [2.45, 2.75) is 37.0 Å². The largest absolute Gasteiger partial charge is 0.368 e. The third kappa shape index (κ3) is 3.41. The lowest BCUT2D eigenvalue weighted by Gasteiger charge is -2.28. The van der Waals surface area contributed by atoms with Gasteiger partial charge in [-0.05, 0) is 25.5 Å². The van der Waals surface area contributed by atoms with Gasteiger partial charge in [0.15, 0.2) is 0 Å². The Morgan fingerprint density at radius 1 is 1.33 bits per heavy atom. The molecular formula is C12H18N8S. The molecule has 0 radical (unpaired) electrons. The van der Waals surface area contributed by atoms with E-state index in [-0.39, 0.29) is 5.95 Å². The molecule has 9 heteroatoms. The van der Waals surface area contributed by atoms with E-state index in [1.165, 1.54) is 30.2 Å². The molecule has 3 N–H and O–H groups in total. The van der Waals surface area contributed by atoms with Gasteiger partial charge in [0.05, 0.1) is 0 Å². The predicted molar refractivity (Wildman–Crippen MR) is 82.3 cm³/mol. The van der Waals surface area contributed by atoms with Crippen molar-refractivity contribution in [3.05, 3.63) is 12.7 Å². The number of rotatable bonds is 4. The second-order valence-corrected chi connectivity index (χ2v) is 6.16. The molecule has 1 saturated carbocycles. The van der Waals surface area contributed by atoms with Crippen LogP contribution in [-0.2, 0) is 0 Å². The van der Waals surface area contributed by atoms with Gasteiger partial charge in [0.1, 0.15) is 12.7 Å². The minimum Gasteiger partial charge on any atom is -0.368 e. The highest BCUT2D eigenvalue weighted by atomic mass is 32.2. The minimum absolute atomic E-state index is 0.176. The fraction of sp³-hybridized carbons (Fsp3) is 0.583.